The summed E-state index contributed by atoms with van der Waals surface area (Å²) in [6.07, 6.45) is -0.411. The number of aliphatic imine (C=N–C) groups is 1. The van der Waals surface area contributed by atoms with Crippen molar-refractivity contribution in [3.05, 3.63) is 40.3 Å². The van der Waals surface area contributed by atoms with E-state index >= 15 is 0 Å². The van der Waals surface area contributed by atoms with Crippen LogP contribution in [0.25, 0.3) is 0 Å². The first-order valence-electron chi connectivity index (χ1n) is 11.8. The van der Waals surface area contributed by atoms with Gasteiger partial charge < -0.3 is 5.32 Å². The Morgan fingerprint density at radius 3 is 2.56 bits per heavy atom. The fraction of sp³-hybridized carbons (Fsp3) is 0.667. The molecule has 8 heteroatoms. The zero-order valence-corrected chi connectivity index (χ0v) is 20.7. The summed E-state index contributed by atoms with van der Waals surface area (Å²) in [6.45, 7) is 13.5. The van der Waals surface area contributed by atoms with Crippen LogP contribution < -0.4 is 10.7 Å². The molecular weight excluding hydrogens is 422 g/mol. The molecule has 0 aliphatic carbocycles. The maximum absolute atomic E-state index is 13.0. The van der Waals surface area contributed by atoms with E-state index in [1.165, 1.54) is 5.56 Å². The SMILES string of the molecule is CCNC(=O)C[C@@H]1N=C(c2ccc(C(C)C)cc2)C2C(C)C(C)SC2N2C(C)N[N+](=O)C12. The minimum Gasteiger partial charge on any atom is -0.356 e. The van der Waals surface area contributed by atoms with Gasteiger partial charge in [-0.05, 0) is 36.8 Å². The Kier molecular flexibility index (Phi) is 6.63. The van der Waals surface area contributed by atoms with Crippen LogP contribution in [-0.4, -0.2) is 56.9 Å². The van der Waals surface area contributed by atoms with Crippen molar-refractivity contribution in [2.24, 2.45) is 16.8 Å². The third-order valence-corrected chi connectivity index (χ3v) is 8.85. The van der Waals surface area contributed by atoms with Crippen LogP contribution in [0.15, 0.2) is 29.3 Å². The summed E-state index contributed by atoms with van der Waals surface area (Å²) >= 11 is 1.93. The summed E-state index contributed by atoms with van der Waals surface area (Å²) in [5.41, 5.74) is 6.47. The van der Waals surface area contributed by atoms with E-state index in [0.29, 0.717) is 23.6 Å². The number of hydrazine groups is 1. The number of benzene rings is 1. The van der Waals surface area contributed by atoms with Crippen molar-refractivity contribution in [3.8, 4) is 0 Å². The summed E-state index contributed by atoms with van der Waals surface area (Å²) in [5.74, 6) is 0.998. The van der Waals surface area contributed by atoms with E-state index in [9.17, 15) is 9.70 Å². The highest BCUT2D eigenvalue weighted by atomic mass is 32.2. The minimum atomic E-state index is -0.502. The topological polar surface area (TPSA) is 76.8 Å². The predicted octanol–water partition coefficient (Wildman–Crippen LogP) is 3.49. The molecule has 1 aromatic rings. The first-order valence-corrected chi connectivity index (χ1v) is 12.8. The fourth-order valence-corrected chi connectivity index (χ4v) is 7.12. The van der Waals surface area contributed by atoms with E-state index in [0.717, 1.165) is 16.1 Å². The van der Waals surface area contributed by atoms with Crippen molar-refractivity contribution in [2.45, 2.75) is 82.9 Å². The molecule has 4 rings (SSSR count). The van der Waals surface area contributed by atoms with Gasteiger partial charge in [-0.3, -0.25) is 9.79 Å². The minimum absolute atomic E-state index is 0.0650. The molecule has 0 saturated carbocycles. The highest BCUT2D eigenvalue weighted by Gasteiger charge is 2.60. The molecule has 2 saturated heterocycles. The van der Waals surface area contributed by atoms with Crippen molar-refractivity contribution in [2.75, 3.05) is 6.54 Å². The predicted molar refractivity (Wildman–Crippen MR) is 130 cm³/mol. The van der Waals surface area contributed by atoms with E-state index in [4.69, 9.17) is 4.99 Å². The molecule has 1 aromatic carbocycles. The zero-order valence-electron chi connectivity index (χ0n) is 19.9. The van der Waals surface area contributed by atoms with Crippen molar-refractivity contribution in [1.29, 1.82) is 0 Å². The normalized spacial score (nSPS) is 34.5. The lowest BCUT2D eigenvalue weighted by Gasteiger charge is -2.30. The summed E-state index contributed by atoms with van der Waals surface area (Å²) < 4.78 is 0. The molecule has 2 N–H and O–H groups in total. The highest BCUT2D eigenvalue weighted by molar-refractivity contribution is 8.00. The van der Waals surface area contributed by atoms with Crippen LogP contribution in [0.1, 0.15) is 65.0 Å². The summed E-state index contributed by atoms with van der Waals surface area (Å²) in [5, 5.41) is 3.48. The number of rotatable bonds is 5. The average Bonchev–Trinajstić information content (AvgIpc) is 3.14. The molecule has 32 heavy (non-hydrogen) atoms. The van der Waals surface area contributed by atoms with Gasteiger partial charge in [-0.15, -0.1) is 17.2 Å². The van der Waals surface area contributed by atoms with Crippen LogP contribution >= 0.6 is 11.8 Å². The molecule has 174 valence electrons. The smallest absolute Gasteiger partial charge is 0.315 e. The Balaban J connectivity index is 1.82. The van der Waals surface area contributed by atoms with Crippen molar-refractivity contribution < 1.29 is 9.66 Å². The molecular formula is C24H36N5O2S+. The van der Waals surface area contributed by atoms with Gasteiger partial charge in [-0.1, -0.05) is 52.0 Å². The monoisotopic (exact) mass is 458 g/mol. The van der Waals surface area contributed by atoms with Crippen LogP contribution in [0.3, 0.4) is 0 Å². The van der Waals surface area contributed by atoms with Gasteiger partial charge in [-0.2, -0.15) is 4.90 Å². The largest absolute Gasteiger partial charge is 0.356 e. The number of hydrogen-bond acceptors (Lipinski definition) is 5. The van der Waals surface area contributed by atoms with Gasteiger partial charge in [-0.25, -0.2) is 0 Å². The maximum atomic E-state index is 13.0. The zero-order chi connectivity index (χ0) is 23.2. The van der Waals surface area contributed by atoms with Crippen molar-refractivity contribution >= 4 is 23.4 Å². The molecule has 7 atom stereocenters. The van der Waals surface area contributed by atoms with Gasteiger partial charge in [0.25, 0.3) is 0 Å². The number of nitrogens with zero attached hydrogens (tertiary/aromatic N) is 3. The molecule has 3 aliphatic heterocycles. The van der Waals surface area contributed by atoms with Crippen molar-refractivity contribution in [3.63, 3.8) is 0 Å². The molecule has 0 bridgehead atoms. The molecule has 2 fully saturated rings. The van der Waals surface area contributed by atoms with Gasteiger partial charge >= 0.3 is 6.17 Å². The van der Waals surface area contributed by atoms with Gasteiger partial charge in [0, 0.05) is 23.4 Å². The number of carbonyl (C=O) groups excluding carboxylic acids is 1. The Labute approximate surface area is 195 Å². The van der Waals surface area contributed by atoms with Crippen LogP contribution in [0.5, 0.6) is 0 Å². The second-order valence-electron chi connectivity index (χ2n) is 9.62. The van der Waals surface area contributed by atoms with E-state index in [2.05, 4.69) is 67.6 Å². The van der Waals surface area contributed by atoms with Gasteiger partial charge in [0.05, 0.1) is 16.7 Å². The number of fused-ring (bicyclic) bond motifs is 3. The number of nitrogens with one attached hydrogen (secondary N) is 2. The van der Waals surface area contributed by atoms with Crippen molar-refractivity contribution in [1.82, 2.24) is 15.6 Å². The lowest BCUT2D eigenvalue weighted by Crippen LogP contribution is -2.50. The second kappa shape index (κ2) is 9.14. The maximum Gasteiger partial charge on any atom is 0.315 e. The molecule has 6 unspecified atom stereocenters. The Morgan fingerprint density at radius 2 is 1.94 bits per heavy atom. The van der Waals surface area contributed by atoms with Crippen LogP contribution in [-0.2, 0) is 4.79 Å². The summed E-state index contributed by atoms with van der Waals surface area (Å²) in [4.78, 5) is 34.0. The lowest BCUT2D eigenvalue weighted by atomic mass is 9.83. The fourth-order valence-electron chi connectivity index (χ4n) is 5.27. The number of hydrogen-bond donors (Lipinski definition) is 2. The molecule has 0 aromatic heterocycles. The highest BCUT2D eigenvalue weighted by Crippen LogP contribution is 2.49. The van der Waals surface area contributed by atoms with Gasteiger partial charge in [0.1, 0.15) is 17.1 Å². The van der Waals surface area contributed by atoms with Gasteiger partial charge in [0.2, 0.25) is 5.91 Å². The molecule has 1 amide bonds. The third kappa shape index (κ3) is 4.07. The molecule has 3 aliphatic rings. The summed E-state index contributed by atoms with van der Waals surface area (Å²) in [6, 6.07) is 8.26. The molecule has 0 spiro atoms. The second-order valence-corrected chi connectivity index (χ2v) is 11.1. The first kappa shape index (κ1) is 23.2. The number of thioether (sulfide) groups is 1. The Hall–Kier alpha value is -1.93. The van der Waals surface area contributed by atoms with Crippen LogP contribution in [0.4, 0.5) is 0 Å². The van der Waals surface area contributed by atoms with Crippen LogP contribution in [0.2, 0.25) is 0 Å². The third-order valence-electron chi connectivity index (χ3n) is 7.18. The quantitative estimate of drug-likeness (QED) is 0.661. The Morgan fingerprint density at radius 1 is 1.25 bits per heavy atom. The Bertz CT molecular complexity index is 902. The summed E-state index contributed by atoms with van der Waals surface area (Å²) in [7, 11) is 0. The van der Waals surface area contributed by atoms with E-state index < -0.39 is 12.2 Å². The molecule has 0 radical (unpaired) electrons. The van der Waals surface area contributed by atoms with E-state index in [-0.39, 0.29) is 29.8 Å². The van der Waals surface area contributed by atoms with Gasteiger partial charge in [0.15, 0.2) is 0 Å². The van der Waals surface area contributed by atoms with E-state index in [1.54, 1.807) is 0 Å². The number of carbonyl (C=O) groups is 1. The lowest BCUT2D eigenvalue weighted by molar-refractivity contribution is -0.631. The first-order chi connectivity index (χ1) is 15.2. The van der Waals surface area contributed by atoms with E-state index in [1.807, 2.05) is 25.6 Å². The van der Waals surface area contributed by atoms with Crippen LogP contribution in [0, 0.1) is 16.7 Å². The molecule has 3 heterocycles. The standard InChI is InChI=1S/C24H35N5O2S/c1-7-25-20(30)12-19-23-28(16(6)27-29(23)31)24-21(14(4)15(5)32-24)22(26-19)18-10-8-17(9-11-18)13(2)3/h8-11,13-16,19,21,23-24H,7,12H2,1-6H3,(H-,25,27,30,31)/p+1/t14?,15?,16?,19-,21?,23?,24?/m0/s1. The number of nitroso groups, excluding NO2 is 1. The molecule has 7 nitrogen and oxygen atoms in total. The number of amides is 1. The average molecular weight is 459 g/mol.